The zero-order chi connectivity index (χ0) is 19.1. The zero-order valence-electron chi connectivity index (χ0n) is 19.4. The standard InChI is InChI=1S/C25H53N.BrH/c1-4-5-6-7-8-9-10-11-12-13-14-15-16-17-18-19-20-21-22-23-24-25-26(2)3;/h4-25H2,1-3H3;1H. The molecule has 0 aliphatic rings. The Kier molecular flexibility index (Phi) is 29.0. The second-order valence-corrected chi connectivity index (χ2v) is 9.03. The fraction of sp³-hybridized carbons (Fsp3) is 1.00. The molecule has 0 aromatic carbocycles. The van der Waals surface area contributed by atoms with Crippen LogP contribution in [0.1, 0.15) is 142 Å². The molecule has 0 aliphatic carbocycles. The third kappa shape index (κ3) is 28.7. The molecule has 0 saturated carbocycles. The lowest BCUT2D eigenvalue weighted by Gasteiger charge is -2.06. The summed E-state index contributed by atoms with van der Waals surface area (Å²) in [6.07, 6.45) is 30.9. The molecule has 1 nitrogen and oxygen atoms in total. The molecule has 1 N–H and O–H groups in total. The van der Waals surface area contributed by atoms with Crippen LogP contribution < -0.4 is 21.9 Å². The summed E-state index contributed by atoms with van der Waals surface area (Å²) in [4.78, 5) is 1.60. The first-order valence-corrected chi connectivity index (χ1v) is 12.6. The Balaban J connectivity index is 0. The highest BCUT2D eigenvalue weighted by Crippen LogP contribution is 2.14. The normalized spacial score (nSPS) is 11.1. The van der Waals surface area contributed by atoms with Crippen LogP contribution in [-0.2, 0) is 0 Å². The molecule has 0 heterocycles. The fourth-order valence-corrected chi connectivity index (χ4v) is 3.91. The van der Waals surface area contributed by atoms with E-state index in [1.165, 1.54) is 141 Å². The number of hydrogen-bond donors (Lipinski definition) is 1. The first-order chi connectivity index (χ1) is 12.8. The van der Waals surface area contributed by atoms with Gasteiger partial charge in [-0.3, -0.25) is 0 Å². The Bertz CT molecular complexity index is 242. The molecule has 27 heavy (non-hydrogen) atoms. The van der Waals surface area contributed by atoms with E-state index in [1.807, 2.05) is 0 Å². The van der Waals surface area contributed by atoms with E-state index in [2.05, 4.69) is 21.0 Å². The maximum atomic E-state index is 2.30. The van der Waals surface area contributed by atoms with Gasteiger partial charge in [0.05, 0.1) is 20.6 Å². The van der Waals surface area contributed by atoms with Crippen LogP contribution in [0.3, 0.4) is 0 Å². The van der Waals surface area contributed by atoms with Crippen LogP contribution in [0.5, 0.6) is 0 Å². The number of unbranched alkanes of at least 4 members (excludes halogenated alkanes) is 20. The Labute approximate surface area is 184 Å². The van der Waals surface area contributed by atoms with E-state index in [4.69, 9.17) is 0 Å². The molecule has 0 aromatic heterocycles. The second kappa shape index (κ2) is 26.4. The van der Waals surface area contributed by atoms with Crippen molar-refractivity contribution in [1.82, 2.24) is 0 Å². The predicted molar refractivity (Wildman–Crippen MR) is 120 cm³/mol. The van der Waals surface area contributed by atoms with Gasteiger partial charge in [-0.05, 0) is 12.8 Å². The maximum absolute atomic E-state index is 2.30. The molecule has 0 fully saturated rings. The molecule has 166 valence electrons. The van der Waals surface area contributed by atoms with Crippen LogP contribution in [0.15, 0.2) is 0 Å². The largest absolute Gasteiger partial charge is 1.00 e. The minimum atomic E-state index is 0. The predicted octanol–water partition coefficient (Wildman–Crippen LogP) is 4.35. The van der Waals surface area contributed by atoms with E-state index in [-0.39, 0.29) is 17.0 Å². The molecule has 0 radical (unpaired) electrons. The summed E-state index contributed by atoms with van der Waals surface area (Å²) in [5.74, 6) is 0. The van der Waals surface area contributed by atoms with E-state index >= 15 is 0 Å². The average Bonchev–Trinajstić information content (AvgIpc) is 2.62. The number of hydrogen-bond acceptors (Lipinski definition) is 0. The van der Waals surface area contributed by atoms with Gasteiger partial charge < -0.3 is 21.9 Å². The van der Waals surface area contributed by atoms with E-state index in [0.717, 1.165) is 0 Å². The summed E-state index contributed by atoms with van der Waals surface area (Å²) in [6.45, 7) is 3.65. The van der Waals surface area contributed by atoms with E-state index in [1.54, 1.807) is 4.90 Å². The summed E-state index contributed by atoms with van der Waals surface area (Å²) in [6, 6.07) is 0. The van der Waals surface area contributed by atoms with Gasteiger partial charge in [-0.1, -0.05) is 129 Å². The molecular weight excluding hydrogens is 394 g/mol. The summed E-state index contributed by atoms with van der Waals surface area (Å²) < 4.78 is 0. The van der Waals surface area contributed by atoms with Crippen molar-refractivity contribution in [1.29, 1.82) is 0 Å². The van der Waals surface area contributed by atoms with Crippen LogP contribution in [-0.4, -0.2) is 20.6 Å². The van der Waals surface area contributed by atoms with Crippen LogP contribution >= 0.6 is 0 Å². The van der Waals surface area contributed by atoms with Crippen LogP contribution in [0.25, 0.3) is 0 Å². The molecule has 0 unspecified atom stereocenters. The van der Waals surface area contributed by atoms with Crippen molar-refractivity contribution in [2.24, 2.45) is 0 Å². The van der Waals surface area contributed by atoms with Gasteiger partial charge in [-0.2, -0.15) is 0 Å². The molecule has 0 atom stereocenters. The number of nitrogens with one attached hydrogen (secondary N) is 1. The zero-order valence-corrected chi connectivity index (χ0v) is 21.0. The van der Waals surface area contributed by atoms with Gasteiger partial charge in [0, 0.05) is 0 Å². The van der Waals surface area contributed by atoms with Gasteiger partial charge in [0.2, 0.25) is 0 Å². The third-order valence-corrected chi connectivity index (χ3v) is 5.78. The van der Waals surface area contributed by atoms with Crippen molar-refractivity contribution in [3.05, 3.63) is 0 Å². The quantitative estimate of drug-likeness (QED) is 0.235. The monoisotopic (exact) mass is 447 g/mol. The lowest BCUT2D eigenvalue weighted by atomic mass is 10.0. The van der Waals surface area contributed by atoms with Gasteiger partial charge >= 0.3 is 0 Å². The van der Waals surface area contributed by atoms with Crippen LogP contribution in [0, 0.1) is 0 Å². The van der Waals surface area contributed by atoms with E-state index < -0.39 is 0 Å². The topological polar surface area (TPSA) is 4.44 Å². The van der Waals surface area contributed by atoms with Gasteiger partial charge in [0.25, 0.3) is 0 Å². The maximum Gasteiger partial charge on any atom is 0.0766 e. The molecule has 0 rings (SSSR count). The first-order valence-electron chi connectivity index (χ1n) is 12.6. The first kappa shape index (κ1) is 29.6. The molecule has 0 bridgehead atoms. The second-order valence-electron chi connectivity index (χ2n) is 9.03. The Morgan fingerprint density at radius 1 is 0.370 bits per heavy atom. The molecule has 2 heteroatoms. The molecule has 0 amide bonds. The average molecular weight is 449 g/mol. The molecular formula is C25H54BrN. The third-order valence-electron chi connectivity index (χ3n) is 5.78. The lowest BCUT2D eigenvalue weighted by molar-refractivity contribution is -0.858. The Morgan fingerprint density at radius 2 is 0.593 bits per heavy atom. The van der Waals surface area contributed by atoms with Crippen molar-refractivity contribution in [2.45, 2.75) is 142 Å². The highest BCUT2D eigenvalue weighted by atomic mass is 79.9. The minimum absolute atomic E-state index is 0. The lowest BCUT2D eigenvalue weighted by Crippen LogP contribution is -3.05. The summed E-state index contributed by atoms with van der Waals surface area (Å²) >= 11 is 0. The summed E-state index contributed by atoms with van der Waals surface area (Å²) in [7, 11) is 4.52. The van der Waals surface area contributed by atoms with E-state index in [9.17, 15) is 0 Å². The minimum Gasteiger partial charge on any atom is -1.00 e. The van der Waals surface area contributed by atoms with Crippen molar-refractivity contribution < 1.29 is 21.9 Å². The van der Waals surface area contributed by atoms with Gasteiger partial charge in [-0.25, -0.2) is 0 Å². The highest BCUT2D eigenvalue weighted by Gasteiger charge is 1.96. The SMILES string of the molecule is CCCCCCCCCCCCCCCCCCCCCCC[NH+](C)C.[Br-]. The number of halogens is 1. The summed E-state index contributed by atoms with van der Waals surface area (Å²) in [5.41, 5.74) is 0. The molecule has 0 aliphatic heterocycles. The van der Waals surface area contributed by atoms with Gasteiger partial charge in [0.15, 0.2) is 0 Å². The van der Waals surface area contributed by atoms with E-state index in [0.29, 0.717) is 0 Å². The van der Waals surface area contributed by atoms with Gasteiger partial charge in [0.1, 0.15) is 0 Å². The van der Waals surface area contributed by atoms with Crippen LogP contribution in [0.4, 0.5) is 0 Å². The van der Waals surface area contributed by atoms with Gasteiger partial charge in [-0.15, -0.1) is 0 Å². The fourth-order valence-electron chi connectivity index (χ4n) is 3.91. The molecule has 0 spiro atoms. The number of rotatable bonds is 22. The molecule has 0 saturated heterocycles. The van der Waals surface area contributed by atoms with Crippen molar-refractivity contribution in [3.8, 4) is 0 Å². The number of quaternary nitrogens is 1. The van der Waals surface area contributed by atoms with Crippen molar-refractivity contribution in [3.63, 3.8) is 0 Å². The van der Waals surface area contributed by atoms with Crippen LogP contribution in [0.2, 0.25) is 0 Å². The van der Waals surface area contributed by atoms with Crippen molar-refractivity contribution in [2.75, 3.05) is 20.6 Å². The molecule has 0 aromatic rings. The Hall–Kier alpha value is 0.440. The van der Waals surface area contributed by atoms with Crippen molar-refractivity contribution >= 4 is 0 Å². The summed E-state index contributed by atoms with van der Waals surface area (Å²) in [5, 5.41) is 0. The smallest absolute Gasteiger partial charge is 0.0766 e. The Morgan fingerprint density at radius 3 is 0.815 bits per heavy atom. The highest BCUT2D eigenvalue weighted by molar-refractivity contribution is 4.51.